The molecule has 1 aromatic rings. The van der Waals surface area contributed by atoms with Gasteiger partial charge in [-0.15, -0.1) is 0 Å². The molecule has 140 valence electrons. The first-order valence-corrected chi connectivity index (χ1v) is 8.61. The molecular formula is C18H27N2O5-. The Kier molecular flexibility index (Phi) is 8.18. The Balaban J connectivity index is 3.05. The lowest BCUT2D eigenvalue weighted by molar-refractivity contribution is -0.386. The van der Waals surface area contributed by atoms with Crippen molar-refractivity contribution in [3.05, 3.63) is 27.8 Å². The Morgan fingerprint density at radius 3 is 2.48 bits per heavy atom. The number of anilines is 1. The van der Waals surface area contributed by atoms with Crippen molar-refractivity contribution in [3.63, 3.8) is 0 Å². The number of carboxylic acid groups (broad SMARTS) is 1. The SMILES string of the molecule is CCCCCC[C@H](C)Oc1cc(N(C)C)c(CC(=O)[O-])cc1[N+](=O)[O-]. The molecular weight excluding hydrogens is 324 g/mol. The molecule has 0 spiro atoms. The van der Waals surface area contributed by atoms with Crippen LogP contribution in [0.5, 0.6) is 5.75 Å². The molecule has 0 aromatic heterocycles. The highest BCUT2D eigenvalue weighted by molar-refractivity contribution is 5.74. The molecule has 0 aliphatic carbocycles. The van der Waals surface area contributed by atoms with Gasteiger partial charge >= 0.3 is 5.69 Å². The van der Waals surface area contributed by atoms with E-state index in [1.165, 1.54) is 6.07 Å². The van der Waals surface area contributed by atoms with Crippen LogP contribution in [0.25, 0.3) is 0 Å². The summed E-state index contributed by atoms with van der Waals surface area (Å²) in [4.78, 5) is 23.5. The van der Waals surface area contributed by atoms with Gasteiger partial charge in [-0.3, -0.25) is 10.1 Å². The van der Waals surface area contributed by atoms with Gasteiger partial charge in [-0.1, -0.05) is 26.2 Å². The van der Waals surface area contributed by atoms with Gasteiger partial charge in [0.1, 0.15) is 0 Å². The summed E-state index contributed by atoms with van der Waals surface area (Å²) >= 11 is 0. The summed E-state index contributed by atoms with van der Waals surface area (Å²) in [6.07, 6.45) is 4.70. The van der Waals surface area contributed by atoms with Crippen LogP contribution in [-0.2, 0) is 11.2 Å². The molecule has 7 nitrogen and oxygen atoms in total. The molecule has 0 saturated heterocycles. The monoisotopic (exact) mass is 351 g/mol. The van der Waals surface area contributed by atoms with E-state index in [1.54, 1.807) is 25.1 Å². The summed E-state index contributed by atoms with van der Waals surface area (Å²) in [5.74, 6) is -1.12. The molecule has 25 heavy (non-hydrogen) atoms. The topological polar surface area (TPSA) is 95.7 Å². The van der Waals surface area contributed by atoms with Crippen molar-refractivity contribution in [1.29, 1.82) is 0 Å². The Labute approximate surface area is 148 Å². The summed E-state index contributed by atoms with van der Waals surface area (Å²) in [7, 11) is 3.50. The lowest BCUT2D eigenvalue weighted by Crippen LogP contribution is -2.25. The Morgan fingerprint density at radius 1 is 1.28 bits per heavy atom. The van der Waals surface area contributed by atoms with Gasteiger partial charge in [-0.25, -0.2) is 0 Å². The van der Waals surface area contributed by atoms with Crippen molar-refractivity contribution in [3.8, 4) is 5.75 Å². The maximum Gasteiger partial charge on any atom is 0.311 e. The van der Waals surface area contributed by atoms with E-state index in [-0.39, 0.29) is 24.0 Å². The van der Waals surface area contributed by atoms with Crippen LogP contribution in [0.3, 0.4) is 0 Å². The van der Waals surface area contributed by atoms with Crippen LogP contribution in [0.1, 0.15) is 51.5 Å². The molecule has 1 atom stereocenters. The highest BCUT2D eigenvalue weighted by Gasteiger charge is 2.22. The molecule has 1 rings (SSSR count). The molecule has 0 aliphatic heterocycles. The lowest BCUT2D eigenvalue weighted by Gasteiger charge is -2.21. The van der Waals surface area contributed by atoms with E-state index in [4.69, 9.17) is 4.74 Å². The zero-order valence-electron chi connectivity index (χ0n) is 15.4. The number of unbranched alkanes of at least 4 members (excludes halogenated alkanes) is 3. The number of benzene rings is 1. The van der Waals surface area contributed by atoms with Crippen LogP contribution in [-0.4, -0.2) is 31.1 Å². The minimum Gasteiger partial charge on any atom is -0.550 e. The fourth-order valence-electron chi connectivity index (χ4n) is 2.69. The molecule has 1 aromatic carbocycles. The van der Waals surface area contributed by atoms with Gasteiger partial charge in [0, 0.05) is 44.3 Å². The summed E-state index contributed by atoms with van der Waals surface area (Å²) in [6.45, 7) is 4.03. The number of carboxylic acids is 1. The molecule has 0 radical (unpaired) electrons. The average molecular weight is 351 g/mol. The number of carbonyl (C=O) groups excluding carboxylic acids is 1. The minimum atomic E-state index is -1.28. The molecule has 0 amide bonds. The van der Waals surface area contributed by atoms with Crippen molar-refractivity contribution < 1.29 is 19.6 Å². The summed E-state index contributed by atoms with van der Waals surface area (Å²) in [6, 6.07) is 2.81. The van der Waals surface area contributed by atoms with Gasteiger partial charge in [0.2, 0.25) is 0 Å². The van der Waals surface area contributed by atoms with E-state index in [0.29, 0.717) is 11.3 Å². The summed E-state index contributed by atoms with van der Waals surface area (Å²) in [5.41, 5.74) is 0.685. The predicted octanol–water partition coefficient (Wildman–Crippen LogP) is 2.69. The second-order valence-electron chi connectivity index (χ2n) is 6.43. The Morgan fingerprint density at radius 2 is 1.96 bits per heavy atom. The van der Waals surface area contributed by atoms with Crippen LogP contribution in [0, 0.1) is 10.1 Å². The maximum atomic E-state index is 11.4. The average Bonchev–Trinajstić information content (AvgIpc) is 2.51. The third-order valence-electron chi connectivity index (χ3n) is 3.97. The Hall–Kier alpha value is -2.31. The largest absolute Gasteiger partial charge is 0.550 e. The van der Waals surface area contributed by atoms with E-state index in [2.05, 4.69) is 6.92 Å². The van der Waals surface area contributed by atoms with E-state index in [1.807, 2.05) is 6.92 Å². The van der Waals surface area contributed by atoms with Crippen molar-refractivity contribution in [2.45, 2.75) is 58.5 Å². The number of ether oxygens (including phenoxy) is 1. The van der Waals surface area contributed by atoms with Gasteiger partial charge in [0.15, 0.2) is 5.75 Å². The second kappa shape index (κ2) is 9.86. The van der Waals surface area contributed by atoms with Crippen LogP contribution in [0.15, 0.2) is 12.1 Å². The molecule has 0 unspecified atom stereocenters. The molecule has 0 saturated carbocycles. The Bertz CT molecular complexity index is 601. The first-order chi connectivity index (χ1) is 11.8. The molecule has 7 heteroatoms. The van der Waals surface area contributed by atoms with Gasteiger partial charge in [-0.2, -0.15) is 0 Å². The number of aliphatic carboxylic acids is 1. The predicted molar refractivity (Wildman–Crippen MR) is 95.0 cm³/mol. The second-order valence-corrected chi connectivity index (χ2v) is 6.43. The van der Waals surface area contributed by atoms with Gasteiger partial charge < -0.3 is 19.5 Å². The van der Waals surface area contributed by atoms with Crippen LogP contribution in [0.2, 0.25) is 0 Å². The number of rotatable bonds is 11. The van der Waals surface area contributed by atoms with Crippen molar-refractivity contribution >= 4 is 17.3 Å². The van der Waals surface area contributed by atoms with Crippen molar-refractivity contribution in [2.24, 2.45) is 0 Å². The van der Waals surface area contributed by atoms with Crippen LogP contribution < -0.4 is 14.7 Å². The smallest absolute Gasteiger partial charge is 0.311 e. The summed E-state index contributed by atoms with van der Waals surface area (Å²) in [5, 5.41) is 22.3. The summed E-state index contributed by atoms with van der Waals surface area (Å²) < 4.78 is 5.81. The van der Waals surface area contributed by atoms with Gasteiger partial charge in [0.05, 0.1) is 11.0 Å². The molecule has 0 aliphatic rings. The third-order valence-corrected chi connectivity index (χ3v) is 3.97. The van der Waals surface area contributed by atoms with Gasteiger partial charge in [-0.05, 0) is 25.3 Å². The van der Waals surface area contributed by atoms with Crippen LogP contribution >= 0.6 is 0 Å². The highest BCUT2D eigenvalue weighted by atomic mass is 16.6. The number of hydrogen-bond donors (Lipinski definition) is 0. The maximum absolute atomic E-state index is 11.4. The molecule has 0 heterocycles. The number of nitro groups is 1. The molecule has 0 fully saturated rings. The third kappa shape index (κ3) is 6.60. The molecule has 0 bridgehead atoms. The lowest BCUT2D eigenvalue weighted by atomic mass is 10.1. The van der Waals surface area contributed by atoms with E-state index < -0.39 is 10.9 Å². The van der Waals surface area contributed by atoms with E-state index >= 15 is 0 Å². The minimum absolute atomic E-state index is 0.155. The number of nitrogens with zero attached hydrogens (tertiary/aromatic N) is 2. The number of nitro benzene ring substituents is 1. The number of hydrogen-bond acceptors (Lipinski definition) is 6. The van der Waals surface area contributed by atoms with Crippen molar-refractivity contribution in [1.82, 2.24) is 0 Å². The van der Waals surface area contributed by atoms with E-state index in [9.17, 15) is 20.0 Å². The first kappa shape index (κ1) is 20.7. The first-order valence-electron chi connectivity index (χ1n) is 8.61. The normalized spacial score (nSPS) is 11.8. The van der Waals surface area contributed by atoms with E-state index in [0.717, 1.165) is 32.1 Å². The molecule has 0 N–H and O–H groups in total. The quantitative estimate of drug-likeness (QED) is 0.345. The fraction of sp³-hybridized carbons (Fsp3) is 0.611. The van der Waals surface area contributed by atoms with Crippen LogP contribution in [0.4, 0.5) is 11.4 Å². The number of carbonyl (C=O) groups is 1. The zero-order valence-corrected chi connectivity index (χ0v) is 15.4. The van der Waals surface area contributed by atoms with Gasteiger partial charge in [0.25, 0.3) is 0 Å². The zero-order chi connectivity index (χ0) is 19.0. The van der Waals surface area contributed by atoms with Crippen molar-refractivity contribution in [2.75, 3.05) is 19.0 Å². The fourth-order valence-corrected chi connectivity index (χ4v) is 2.69. The standard InChI is InChI=1S/C18H28N2O5/c1-5-6-7-8-9-13(2)25-17-12-15(19(3)4)14(11-18(21)22)10-16(17)20(23)24/h10,12-13H,5-9,11H2,1-4H3,(H,21,22)/p-1/t13-/m0/s1. The highest BCUT2D eigenvalue weighted by Crippen LogP contribution is 2.35.